The molecule has 1 atom stereocenters. The van der Waals surface area contributed by atoms with E-state index in [0.717, 1.165) is 21.6 Å². The van der Waals surface area contributed by atoms with Gasteiger partial charge in [0, 0.05) is 19.8 Å². The molecule has 30 heavy (non-hydrogen) atoms. The zero-order valence-electron chi connectivity index (χ0n) is 17.7. The van der Waals surface area contributed by atoms with Gasteiger partial charge in [-0.05, 0) is 43.7 Å². The van der Waals surface area contributed by atoms with Crippen molar-refractivity contribution in [1.82, 2.24) is 9.13 Å². The van der Waals surface area contributed by atoms with Crippen molar-refractivity contribution in [2.45, 2.75) is 26.3 Å². The molecule has 0 aliphatic carbocycles. The highest BCUT2D eigenvalue weighted by Crippen LogP contribution is 2.24. The first-order valence-corrected chi connectivity index (χ1v) is 11.4. The van der Waals surface area contributed by atoms with Crippen LogP contribution in [0.5, 0.6) is 0 Å². The quantitative estimate of drug-likeness (QED) is 0.650. The molecule has 0 spiro atoms. The largest absolute Gasteiger partial charge is 0.328 e. The number of benzene rings is 2. The number of rotatable bonds is 6. The standard InChI is InChI=1S/C21H26N4O4S/c1-6-17(25(30(5,28)29)16-10-7-14(2)8-11-16)20(26)22-15-9-12-18-19(13-15)24(4)21(27)23(18)3/h7-13,17H,6H2,1-5H3,(H,22,26)/t17-/m1/s1. The van der Waals surface area contributed by atoms with E-state index in [1.807, 2.05) is 19.1 Å². The number of carbonyl (C=O) groups excluding carboxylic acids is 1. The summed E-state index contributed by atoms with van der Waals surface area (Å²) in [6.07, 6.45) is 1.38. The van der Waals surface area contributed by atoms with Crippen molar-refractivity contribution in [3.8, 4) is 0 Å². The molecule has 0 bridgehead atoms. The number of carbonyl (C=O) groups is 1. The smallest absolute Gasteiger partial charge is 0.324 e. The van der Waals surface area contributed by atoms with Crippen molar-refractivity contribution in [1.29, 1.82) is 0 Å². The van der Waals surface area contributed by atoms with Crippen LogP contribution in [0.2, 0.25) is 0 Å². The third kappa shape index (κ3) is 3.97. The topological polar surface area (TPSA) is 93.4 Å². The molecular formula is C21H26N4O4S. The third-order valence-corrected chi connectivity index (χ3v) is 6.34. The Bertz CT molecular complexity index is 1260. The highest BCUT2D eigenvalue weighted by atomic mass is 32.2. The summed E-state index contributed by atoms with van der Waals surface area (Å²) in [6.45, 7) is 3.67. The number of hydrogen-bond acceptors (Lipinski definition) is 4. The minimum absolute atomic E-state index is 0.164. The molecular weight excluding hydrogens is 404 g/mol. The highest BCUT2D eigenvalue weighted by Gasteiger charge is 2.31. The number of aryl methyl sites for hydroxylation is 3. The van der Waals surface area contributed by atoms with Gasteiger partial charge in [-0.1, -0.05) is 24.6 Å². The van der Waals surface area contributed by atoms with E-state index in [1.54, 1.807) is 51.4 Å². The van der Waals surface area contributed by atoms with Gasteiger partial charge in [0.1, 0.15) is 6.04 Å². The molecule has 1 aromatic heterocycles. The Morgan fingerprint density at radius 3 is 2.23 bits per heavy atom. The van der Waals surface area contributed by atoms with Crippen molar-refractivity contribution in [3.05, 3.63) is 58.5 Å². The summed E-state index contributed by atoms with van der Waals surface area (Å²) in [5.41, 5.74) is 3.17. The summed E-state index contributed by atoms with van der Waals surface area (Å²) in [4.78, 5) is 25.2. The normalized spacial score (nSPS) is 12.7. The van der Waals surface area contributed by atoms with E-state index in [4.69, 9.17) is 0 Å². The van der Waals surface area contributed by atoms with Crippen molar-refractivity contribution < 1.29 is 13.2 Å². The summed E-state index contributed by atoms with van der Waals surface area (Å²) in [7, 11) is -0.357. The predicted octanol–water partition coefficient (Wildman–Crippen LogP) is 2.37. The molecule has 3 aromatic rings. The molecule has 0 radical (unpaired) electrons. The summed E-state index contributed by atoms with van der Waals surface area (Å²) in [5, 5.41) is 2.81. The van der Waals surface area contributed by atoms with Crippen LogP contribution in [0.15, 0.2) is 47.3 Å². The molecule has 1 N–H and O–H groups in total. The van der Waals surface area contributed by atoms with Crippen molar-refractivity contribution in [2.24, 2.45) is 14.1 Å². The Morgan fingerprint density at radius 1 is 1.07 bits per heavy atom. The van der Waals surface area contributed by atoms with Gasteiger partial charge in [-0.25, -0.2) is 13.2 Å². The number of fused-ring (bicyclic) bond motifs is 1. The third-order valence-electron chi connectivity index (χ3n) is 5.16. The Kier molecular flexibility index (Phi) is 5.76. The van der Waals surface area contributed by atoms with Gasteiger partial charge in [0.05, 0.1) is 23.0 Å². The van der Waals surface area contributed by atoms with Crippen LogP contribution in [0, 0.1) is 6.92 Å². The lowest BCUT2D eigenvalue weighted by molar-refractivity contribution is -0.117. The molecule has 0 unspecified atom stereocenters. The zero-order chi connectivity index (χ0) is 22.2. The number of aromatic nitrogens is 2. The van der Waals surface area contributed by atoms with Gasteiger partial charge in [0.15, 0.2) is 0 Å². The van der Waals surface area contributed by atoms with Crippen molar-refractivity contribution in [3.63, 3.8) is 0 Å². The lowest BCUT2D eigenvalue weighted by atomic mass is 10.1. The second kappa shape index (κ2) is 7.98. The van der Waals surface area contributed by atoms with E-state index in [-0.39, 0.29) is 5.69 Å². The summed E-state index contributed by atoms with van der Waals surface area (Å²) >= 11 is 0. The molecule has 8 nitrogen and oxygen atoms in total. The molecule has 0 aliphatic heterocycles. The lowest BCUT2D eigenvalue weighted by Gasteiger charge is -2.30. The van der Waals surface area contributed by atoms with E-state index in [2.05, 4.69) is 5.32 Å². The van der Waals surface area contributed by atoms with Crippen LogP contribution in [0.4, 0.5) is 11.4 Å². The number of imidazole rings is 1. The molecule has 9 heteroatoms. The number of nitrogens with zero attached hydrogens (tertiary/aromatic N) is 3. The molecule has 2 aromatic carbocycles. The van der Waals surface area contributed by atoms with Gasteiger partial charge in [-0.3, -0.25) is 18.2 Å². The van der Waals surface area contributed by atoms with Gasteiger partial charge >= 0.3 is 5.69 Å². The van der Waals surface area contributed by atoms with Gasteiger partial charge in [-0.2, -0.15) is 0 Å². The summed E-state index contributed by atoms with van der Waals surface area (Å²) < 4.78 is 29.3. The number of sulfonamides is 1. The molecule has 0 fully saturated rings. The Balaban J connectivity index is 1.96. The van der Waals surface area contributed by atoms with Gasteiger partial charge in [0.25, 0.3) is 0 Å². The number of amides is 1. The molecule has 0 aliphatic rings. The van der Waals surface area contributed by atoms with Crippen LogP contribution in [0.3, 0.4) is 0 Å². The molecule has 0 saturated carbocycles. The highest BCUT2D eigenvalue weighted by molar-refractivity contribution is 7.92. The molecule has 3 rings (SSSR count). The van der Waals surface area contributed by atoms with Crippen LogP contribution >= 0.6 is 0 Å². The van der Waals surface area contributed by atoms with Gasteiger partial charge in [0.2, 0.25) is 15.9 Å². The Morgan fingerprint density at radius 2 is 1.67 bits per heavy atom. The summed E-state index contributed by atoms with van der Waals surface area (Å²) in [6, 6.07) is 11.2. The lowest BCUT2D eigenvalue weighted by Crippen LogP contribution is -2.47. The minimum atomic E-state index is -3.70. The first-order valence-electron chi connectivity index (χ1n) is 9.57. The number of anilines is 2. The second-order valence-electron chi connectivity index (χ2n) is 7.41. The van der Waals surface area contributed by atoms with E-state index < -0.39 is 22.0 Å². The van der Waals surface area contributed by atoms with Crippen LogP contribution in [0.25, 0.3) is 11.0 Å². The van der Waals surface area contributed by atoms with E-state index in [0.29, 0.717) is 23.3 Å². The van der Waals surface area contributed by atoms with Crippen LogP contribution in [-0.2, 0) is 28.9 Å². The Labute approximate surface area is 175 Å². The van der Waals surface area contributed by atoms with Crippen molar-refractivity contribution in [2.75, 3.05) is 15.9 Å². The maximum atomic E-state index is 13.1. The predicted molar refractivity (Wildman–Crippen MR) is 119 cm³/mol. The van der Waals surface area contributed by atoms with Crippen LogP contribution < -0.4 is 15.3 Å². The molecule has 1 heterocycles. The van der Waals surface area contributed by atoms with E-state index in [9.17, 15) is 18.0 Å². The second-order valence-corrected chi connectivity index (χ2v) is 9.27. The fraction of sp³-hybridized carbons (Fsp3) is 0.333. The fourth-order valence-corrected chi connectivity index (χ4v) is 4.77. The van der Waals surface area contributed by atoms with E-state index >= 15 is 0 Å². The molecule has 0 saturated heterocycles. The Hall–Kier alpha value is -3.07. The maximum Gasteiger partial charge on any atom is 0.328 e. The van der Waals surface area contributed by atoms with E-state index in [1.165, 1.54) is 9.13 Å². The van der Waals surface area contributed by atoms with Gasteiger partial charge < -0.3 is 5.32 Å². The van der Waals surface area contributed by atoms with Crippen LogP contribution in [-0.4, -0.2) is 35.8 Å². The molecule has 160 valence electrons. The maximum absolute atomic E-state index is 13.1. The minimum Gasteiger partial charge on any atom is -0.324 e. The number of hydrogen-bond donors (Lipinski definition) is 1. The first-order chi connectivity index (χ1) is 14.0. The van der Waals surface area contributed by atoms with Gasteiger partial charge in [-0.15, -0.1) is 0 Å². The van der Waals surface area contributed by atoms with Crippen molar-refractivity contribution >= 4 is 38.3 Å². The number of nitrogens with one attached hydrogen (secondary N) is 1. The zero-order valence-corrected chi connectivity index (χ0v) is 18.5. The average molecular weight is 431 g/mol. The average Bonchev–Trinajstić information content (AvgIpc) is 2.90. The van der Waals surface area contributed by atoms with Crippen LogP contribution in [0.1, 0.15) is 18.9 Å². The SMILES string of the molecule is CC[C@H](C(=O)Nc1ccc2c(c1)n(C)c(=O)n2C)N(c1ccc(C)cc1)S(C)(=O)=O. The molecule has 1 amide bonds. The first kappa shape index (κ1) is 21.6. The monoisotopic (exact) mass is 430 g/mol. The fourth-order valence-electron chi connectivity index (χ4n) is 3.56. The summed E-state index contributed by atoms with van der Waals surface area (Å²) in [5.74, 6) is -0.441.